The van der Waals surface area contributed by atoms with Crippen LogP contribution in [0, 0.1) is 10.1 Å². The van der Waals surface area contributed by atoms with Crippen LogP contribution < -0.4 is 10.1 Å². The molecule has 2 aromatic rings. The van der Waals surface area contributed by atoms with Gasteiger partial charge in [0.05, 0.1) is 4.92 Å². The maximum absolute atomic E-state index is 11.7. The molecule has 0 aliphatic heterocycles. The van der Waals surface area contributed by atoms with Crippen molar-refractivity contribution in [2.75, 3.05) is 6.61 Å². The summed E-state index contributed by atoms with van der Waals surface area (Å²) < 4.78 is 5.09. The van der Waals surface area contributed by atoms with Crippen molar-refractivity contribution < 1.29 is 19.2 Å². The normalized spacial score (nSPS) is 9.82. The summed E-state index contributed by atoms with van der Waals surface area (Å²) >= 11 is 0. The van der Waals surface area contributed by atoms with E-state index < -0.39 is 23.3 Å². The predicted octanol–water partition coefficient (Wildman–Crippen LogP) is 1.93. The zero-order chi connectivity index (χ0) is 15.9. The van der Waals surface area contributed by atoms with E-state index in [0.29, 0.717) is 5.56 Å². The van der Waals surface area contributed by atoms with Crippen molar-refractivity contribution in [3.63, 3.8) is 0 Å². The molecule has 0 unspecified atom stereocenters. The molecule has 0 saturated heterocycles. The van der Waals surface area contributed by atoms with Gasteiger partial charge in [-0.05, 0) is 18.2 Å². The maximum Gasteiger partial charge on any atom is 0.310 e. The van der Waals surface area contributed by atoms with Crippen LogP contribution in [-0.4, -0.2) is 23.3 Å². The van der Waals surface area contributed by atoms with Gasteiger partial charge in [0.1, 0.15) is 0 Å². The third-order valence-electron chi connectivity index (χ3n) is 2.71. The SMILES string of the molecule is O=C(COc1ccccc1[N+](=O)[O-])NC(=O)c1ccccc1. The van der Waals surface area contributed by atoms with Crippen molar-refractivity contribution in [2.24, 2.45) is 0 Å². The summed E-state index contributed by atoms with van der Waals surface area (Å²) in [7, 11) is 0. The van der Waals surface area contributed by atoms with Gasteiger partial charge < -0.3 is 4.74 Å². The highest BCUT2D eigenvalue weighted by molar-refractivity contribution is 6.05. The second kappa shape index (κ2) is 6.98. The highest BCUT2D eigenvalue weighted by atomic mass is 16.6. The Morgan fingerprint density at radius 2 is 1.68 bits per heavy atom. The number of carbonyl (C=O) groups is 2. The Balaban J connectivity index is 1.94. The number of ether oxygens (including phenoxy) is 1. The molecule has 0 aliphatic rings. The molecular formula is C15H12N2O5. The van der Waals surface area contributed by atoms with E-state index in [1.807, 2.05) is 0 Å². The number of nitro groups is 1. The number of imide groups is 1. The smallest absolute Gasteiger partial charge is 0.310 e. The van der Waals surface area contributed by atoms with E-state index in [0.717, 1.165) is 0 Å². The van der Waals surface area contributed by atoms with E-state index in [9.17, 15) is 19.7 Å². The summed E-state index contributed by atoms with van der Waals surface area (Å²) in [5.41, 5.74) is 0.0891. The van der Waals surface area contributed by atoms with Gasteiger partial charge in [0.25, 0.3) is 11.8 Å². The molecule has 2 amide bonds. The Bertz CT molecular complexity index is 700. The molecule has 0 aromatic heterocycles. The molecular weight excluding hydrogens is 288 g/mol. The minimum absolute atomic E-state index is 0.0326. The first-order chi connectivity index (χ1) is 10.6. The van der Waals surface area contributed by atoms with Crippen LogP contribution in [0.15, 0.2) is 54.6 Å². The molecule has 0 atom stereocenters. The number of nitro benzene ring substituents is 1. The molecule has 0 aliphatic carbocycles. The summed E-state index contributed by atoms with van der Waals surface area (Å²) in [5, 5.41) is 12.9. The average molecular weight is 300 g/mol. The first-order valence-corrected chi connectivity index (χ1v) is 6.33. The number of carbonyl (C=O) groups excluding carboxylic acids is 2. The number of hydrogen-bond acceptors (Lipinski definition) is 5. The number of rotatable bonds is 5. The molecule has 0 spiro atoms. The Morgan fingerprint density at radius 1 is 1.05 bits per heavy atom. The van der Waals surface area contributed by atoms with Crippen LogP contribution in [0.25, 0.3) is 0 Å². The Morgan fingerprint density at radius 3 is 2.36 bits per heavy atom. The van der Waals surface area contributed by atoms with E-state index in [1.165, 1.54) is 18.2 Å². The molecule has 112 valence electrons. The number of amides is 2. The lowest BCUT2D eigenvalue weighted by Crippen LogP contribution is -2.34. The van der Waals surface area contributed by atoms with E-state index in [1.54, 1.807) is 36.4 Å². The Labute approximate surface area is 125 Å². The molecule has 0 radical (unpaired) electrons. The van der Waals surface area contributed by atoms with Crippen LogP contribution in [0.1, 0.15) is 10.4 Å². The van der Waals surface area contributed by atoms with Crippen molar-refractivity contribution in [3.05, 3.63) is 70.3 Å². The molecule has 0 fully saturated rings. The summed E-state index contributed by atoms with van der Waals surface area (Å²) in [6, 6.07) is 13.9. The van der Waals surface area contributed by atoms with Gasteiger partial charge in [-0.25, -0.2) is 0 Å². The van der Waals surface area contributed by atoms with E-state index >= 15 is 0 Å². The quantitative estimate of drug-likeness (QED) is 0.672. The van der Waals surface area contributed by atoms with Crippen molar-refractivity contribution in [1.82, 2.24) is 5.32 Å². The fraction of sp³-hybridized carbons (Fsp3) is 0.0667. The molecule has 2 rings (SSSR count). The summed E-state index contributed by atoms with van der Waals surface area (Å²) in [6.45, 7) is -0.497. The van der Waals surface area contributed by atoms with Gasteiger partial charge in [0, 0.05) is 11.6 Å². The van der Waals surface area contributed by atoms with Gasteiger partial charge in [-0.1, -0.05) is 30.3 Å². The van der Waals surface area contributed by atoms with Crippen LogP contribution in [0.5, 0.6) is 5.75 Å². The van der Waals surface area contributed by atoms with Crippen LogP contribution in [0.2, 0.25) is 0 Å². The number of para-hydroxylation sites is 2. The third-order valence-corrected chi connectivity index (χ3v) is 2.71. The highest BCUT2D eigenvalue weighted by Crippen LogP contribution is 2.25. The molecule has 1 N–H and O–H groups in total. The van der Waals surface area contributed by atoms with Crippen molar-refractivity contribution in [2.45, 2.75) is 0 Å². The number of benzene rings is 2. The number of nitrogens with zero attached hydrogens (tertiary/aromatic N) is 1. The molecule has 0 bridgehead atoms. The lowest BCUT2D eigenvalue weighted by atomic mass is 10.2. The largest absolute Gasteiger partial charge is 0.477 e. The topological polar surface area (TPSA) is 98.5 Å². The summed E-state index contributed by atoms with van der Waals surface area (Å²) in [5.74, 6) is -1.28. The van der Waals surface area contributed by atoms with Crippen LogP contribution >= 0.6 is 0 Å². The van der Waals surface area contributed by atoms with Gasteiger partial charge >= 0.3 is 5.69 Å². The lowest BCUT2D eigenvalue weighted by molar-refractivity contribution is -0.385. The third kappa shape index (κ3) is 3.89. The minimum atomic E-state index is -0.688. The maximum atomic E-state index is 11.7. The van der Waals surface area contributed by atoms with E-state index in [-0.39, 0.29) is 11.4 Å². The van der Waals surface area contributed by atoms with Crippen LogP contribution in [0.4, 0.5) is 5.69 Å². The van der Waals surface area contributed by atoms with Gasteiger partial charge in [-0.3, -0.25) is 25.0 Å². The van der Waals surface area contributed by atoms with Crippen molar-refractivity contribution in [3.8, 4) is 5.75 Å². The van der Waals surface area contributed by atoms with E-state index in [4.69, 9.17) is 4.74 Å². The van der Waals surface area contributed by atoms with Crippen LogP contribution in [0.3, 0.4) is 0 Å². The van der Waals surface area contributed by atoms with Gasteiger partial charge in [-0.15, -0.1) is 0 Å². The molecule has 2 aromatic carbocycles. The molecule has 0 saturated carbocycles. The Hall–Kier alpha value is -3.22. The van der Waals surface area contributed by atoms with Crippen molar-refractivity contribution >= 4 is 17.5 Å². The zero-order valence-corrected chi connectivity index (χ0v) is 11.4. The predicted molar refractivity (Wildman–Crippen MR) is 77.5 cm³/mol. The van der Waals surface area contributed by atoms with Crippen LogP contribution in [-0.2, 0) is 4.79 Å². The van der Waals surface area contributed by atoms with E-state index in [2.05, 4.69) is 5.32 Å². The molecule has 7 heteroatoms. The lowest BCUT2D eigenvalue weighted by Gasteiger charge is -2.07. The number of nitrogens with one attached hydrogen (secondary N) is 1. The standard InChI is InChI=1S/C15H12N2O5/c18-14(16-15(19)11-6-2-1-3-7-11)10-22-13-9-5-4-8-12(13)17(20)21/h1-9H,10H2,(H,16,18,19). The monoisotopic (exact) mass is 300 g/mol. The van der Waals surface area contributed by atoms with Crippen molar-refractivity contribution in [1.29, 1.82) is 0 Å². The fourth-order valence-corrected chi connectivity index (χ4v) is 1.70. The molecule has 0 heterocycles. The first kappa shape index (κ1) is 15.2. The highest BCUT2D eigenvalue weighted by Gasteiger charge is 2.16. The summed E-state index contributed by atoms with van der Waals surface area (Å²) in [4.78, 5) is 33.6. The van der Waals surface area contributed by atoms with Gasteiger partial charge in [-0.2, -0.15) is 0 Å². The second-order valence-electron chi connectivity index (χ2n) is 4.26. The molecule has 22 heavy (non-hydrogen) atoms. The Kier molecular flexibility index (Phi) is 4.81. The zero-order valence-electron chi connectivity index (χ0n) is 11.4. The fourth-order valence-electron chi connectivity index (χ4n) is 1.70. The minimum Gasteiger partial charge on any atom is -0.477 e. The first-order valence-electron chi connectivity index (χ1n) is 6.33. The summed E-state index contributed by atoms with van der Waals surface area (Å²) in [6.07, 6.45) is 0. The molecule has 7 nitrogen and oxygen atoms in total. The van der Waals surface area contributed by atoms with Gasteiger partial charge in [0.15, 0.2) is 12.4 Å². The van der Waals surface area contributed by atoms with Gasteiger partial charge in [0.2, 0.25) is 0 Å². The number of hydrogen-bond donors (Lipinski definition) is 1. The second-order valence-corrected chi connectivity index (χ2v) is 4.26. The average Bonchev–Trinajstić information content (AvgIpc) is 2.54.